The van der Waals surface area contributed by atoms with Gasteiger partial charge in [-0.15, -0.1) is 0 Å². The van der Waals surface area contributed by atoms with E-state index in [4.69, 9.17) is 10.9 Å². The number of nitrogens with two attached hydrogens (primary N) is 1. The molecule has 0 aliphatic carbocycles. The van der Waals surface area contributed by atoms with Gasteiger partial charge in [0.05, 0.1) is 4.75 Å². The van der Waals surface area contributed by atoms with Crippen molar-refractivity contribution in [3.63, 3.8) is 0 Å². The number of hydrogen-bond acceptors (Lipinski definition) is 5. The molecule has 0 aromatic carbocycles. The maximum absolute atomic E-state index is 12.3. The zero-order valence-electron chi connectivity index (χ0n) is 11.2. The van der Waals surface area contributed by atoms with Crippen LogP contribution in [-0.4, -0.2) is 57.4 Å². The molecule has 19 heavy (non-hydrogen) atoms. The lowest BCUT2D eigenvalue weighted by Gasteiger charge is -2.40. The molecule has 2 rings (SSSR count). The molecule has 0 aromatic heterocycles. The lowest BCUT2D eigenvalue weighted by Crippen LogP contribution is -2.52. The van der Waals surface area contributed by atoms with Crippen LogP contribution in [0.4, 0.5) is 0 Å². The second-order valence-electron chi connectivity index (χ2n) is 5.07. The minimum atomic E-state index is -0.310. The smallest absolute Gasteiger partial charge is 0.226 e. The summed E-state index contributed by atoms with van der Waals surface area (Å²) in [5.41, 5.74) is 5.81. The van der Waals surface area contributed by atoms with Gasteiger partial charge in [-0.25, -0.2) is 0 Å². The normalized spacial score (nSPS) is 27.5. The van der Waals surface area contributed by atoms with Crippen molar-refractivity contribution < 1.29 is 10.0 Å². The van der Waals surface area contributed by atoms with Crippen molar-refractivity contribution in [3.05, 3.63) is 0 Å². The van der Waals surface area contributed by atoms with Gasteiger partial charge in [-0.2, -0.15) is 23.5 Å². The molecule has 1 atom stereocenters. The topological polar surface area (TPSA) is 78.9 Å². The number of amidine groups is 1. The van der Waals surface area contributed by atoms with E-state index in [0.717, 1.165) is 30.8 Å². The summed E-state index contributed by atoms with van der Waals surface area (Å²) in [5.74, 6) is 2.84. The van der Waals surface area contributed by atoms with E-state index in [1.165, 1.54) is 0 Å². The minimum Gasteiger partial charge on any atom is -0.409 e. The molecular weight excluding hydrogens is 282 g/mol. The number of thioether (sulfide) groups is 2. The van der Waals surface area contributed by atoms with Crippen LogP contribution in [0.1, 0.15) is 19.3 Å². The number of carbonyl (C=O) groups is 1. The van der Waals surface area contributed by atoms with Gasteiger partial charge in [0.2, 0.25) is 5.91 Å². The zero-order chi connectivity index (χ0) is 13.9. The summed E-state index contributed by atoms with van der Waals surface area (Å²) in [5, 5.41) is 12.1. The standard InChI is InChI=1S/C12H21N3O2S2/c1-18-12(11(13)14-17)3-5-15(6-4-12)10(16)9-2-7-19-8-9/h9,17H,2-8H2,1H3,(H2,13,14). The van der Waals surface area contributed by atoms with Gasteiger partial charge in [-0.1, -0.05) is 5.16 Å². The third-order valence-electron chi connectivity index (χ3n) is 4.13. The molecular formula is C12H21N3O2S2. The van der Waals surface area contributed by atoms with Gasteiger partial charge in [0, 0.05) is 24.8 Å². The van der Waals surface area contributed by atoms with Crippen LogP contribution in [0.25, 0.3) is 0 Å². The molecule has 0 aromatic rings. The average Bonchev–Trinajstić information content (AvgIpc) is 3.00. The molecule has 1 unspecified atom stereocenters. The molecule has 0 spiro atoms. The largest absolute Gasteiger partial charge is 0.409 e. The Morgan fingerprint density at radius 2 is 2.21 bits per heavy atom. The molecule has 0 radical (unpaired) electrons. The predicted molar refractivity (Wildman–Crippen MR) is 80.9 cm³/mol. The van der Waals surface area contributed by atoms with Crippen LogP contribution < -0.4 is 5.73 Å². The molecule has 2 fully saturated rings. The number of amides is 1. The highest BCUT2D eigenvalue weighted by molar-refractivity contribution is 8.00. The lowest BCUT2D eigenvalue weighted by atomic mass is 9.93. The van der Waals surface area contributed by atoms with Gasteiger partial charge in [0.15, 0.2) is 5.84 Å². The molecule has 2 saturated heterocycles. The van der Waals surface area contributed by atoms with Crippen molar-refractivity contribution in [1.29, 1.82) is 0 Å². The van der Waals surface area contributed by atoms with Crippen LogP contribution in [0.5, 0.6) is 0 Å². The SMILES string of the molecule is CSC1(C(N)=NO)CCN(C(=O)C2CCSC2)CC1. The van der Waals surface area contributed by atoms with Crippen LogP contribution in [0.2, 0.25) is 0 Å². The van der Waals surface area contributed by atoms with Crippen molar-refractivity contribution in [1.82, 2.24) is 4.90 Å². The predicted octanol–water partition coefficient (Wildman–Crippen LogP) is 1.21. The minimum absolute atomic E-state index is 0.204. The van der Waals surface area contributed by atoms with Crippen molar-refractivity contribution in [2.24, 2.45) is 16.8 Å². The summed E-state index contributed by atoms with van der Waals surface area (Å²) in [7, 11) is 0. The van der Waals surface area contributed by atoms with Gasteiger partial charge in [0.1, 0.15) is 0 Å². The zero-order valence-corrected chi connectivity index (χ0v) is 12.8. The van der Waals surface area contributed by atoms with Crippen molar-refractivity contribution in [2.75, 3.05) is 30.9 Å². The van der Waals surface area contributed by atoms with Crippen LogP contribution >= 0.6 is 23.5 Å². The van der Waals surface area contributed by atoms with E-state index in [-0.39, 0.29) is 16.5 Å². The van der Waals surface area contributed by atoms with E-state index in [9.17, 15) is 4.79 Å². The Labute approximate surface area is 122 Å². The fraction of sp³-hybridized carbons (Fsp3) is 0.833. The van der Waals surface area contributed by atoms with Gasteiger partial charge >= 0.3 is 0 Å². The summed E-state index contributed by atoms with van der Waals surface area (Å²) in [6, 6.07) is 0. The Bertz CT molecular complexity index is 362. The Hall–Kier alpha value is -0.560. The highest BCUT2D eigenvalue weighted by Crippen LogP contribution is 2.36. The molecule has 5 nitrogen and oxygen atoms in total. The number of hydrogen-bond donors (Lipinski definition) is 2. The molecule has 3 N–H and O–H groups in total. The van der Waals surface area contributed by atoms with Gasteiger partial charge < -0.3 is 15.8 Å². The van der Waals surface area contributed by atoms with Crippen molar-refractivity contribution >= 4 is 35.3 Å². The highest BCUT2D eigenvalue weighted by Gasteiger charge is 2.40. The van der Waals surface area contributed by atoms with E-state index in [2.05, 4.69) is 5.16 Å². The first-order valence-corrected chi connectivity index (χ1v) is 8.90. The molecule has 1 amide bonds. The number of likely N-dealkylation sites (tertiary alicyclic amines) is 1. The van der Waals surface area contributed by atoms with Crippen molar-refractivity contribution in [3.8, 4) is 0 Å². The number of piperidine rings is 1. The fourth-order valence-corrected chi connectivity index (χ4v) is 4.78. The molecule has 7 heteroatoms. The summed E-state index contributed by atoms with van der Waals surface area (Å²) >= 11 is 3.48. The first-order chi connectivity index (χ1) is 9.13. The number of nitrogens with zero attached hydrogens (tertiary/aromatic N) is 2. The first kappa shape index (κ1) is 14.8. The monoisotopic (exact) mass is 303 g/mol. The Balaban J connectivity index is 1.96. The average molecular weight is 303 g/mol. The molecule has 2 heterocycles. The maximum Gasteiger partial charge on any atom is 0.226 e. The maximum atomic E-state index is 12.3. The summed E-state index contributed by atoms with van der Waals surface area (Å²) in [4.78, 5) is 14.3. The molecule has 2 aliphatic rings. The third kappa shape index (κ3) is 2.97. The lowest BCUT2D eigenvalue weighted by molar-refractivity contribution is -0.135. The Kier molecular flexibility index (Phi) is 4.89. The number of carbonyl (C=O) groups excluding carboxylic acids is 1. The van der Waals surface area contributed by atoms with Crippen LogP contribution in [0, 0.1) is 5.92 Å². The van der Waals surface area contributed by atoms with E-state index in [0.29, 0.717) is 19.0 Å². The van der Waals surface area contributed by atoms with Crippen LogP contribution in [0.3, 0.4) is 0 Å². The second kappa shape index (κ2) is 6.26. The molecule has 108 valence electrons. The van der Waals surface area contributed by atoms with Gasteiger partial charge in [-0.3, -0.25) is 4.79 Å². The van der Waals surface area contributed by atoms with Gasteiger partial charge in [0.25, 0.3) is 0 Å². The van der Waals surface area contributed by atoms with E-state index < -0.39 is 0 Å². The second-order valence-corrected chi connectivity index (χ2v) is 7.41. The number of rotatable bonds is 3. The molecule has 0 bridgehead atoms. The summed E-state index contributed by atoms with van der Waals surface area (Å²) < 4.78 is -0.310. The third-order valence-corrected chi connectivity index (χ3v) is 6.69. The van der Waals surface area contributed by atoms with E-state index in [1.54, 1.807) is 11.8 Å². The van der Waals surface area contributed by atoms with Crippen molar-refractivity contribution in [2.45, 2.75) is 24.0 Å². The summed E-state index contributed by atoms with van der Waals surface area (Å²) in [6.07, 6.45) is 4.50. The Morgan fingerprint density at radius 1 is 1.53 bits per heavy atom. The number of oxime groups is 1. The van der Waals surface area contributed by atoms with E-state index >= 15 is 0 Å². The first-order valence-electron chi connectivity index (χ1n) is 6.52. The Morgan fingerprint density at radius 3 is 2.68 bits per heavy atom. The fourth-order valence-electron chi connectivity index (χ4n) is 2.73. The highest BCUT2D eigenvalue weighted by atomic mass is 32.2. The van der Waals surface area contributed by atoms with Crippen LogP contribution in [0.15, 0.2) is 5.16 Å². The van der Waals surface area contributed by atoms with Crippen LogP contribution in [-0.2, 0) is 4.79 Å². The quantitative estimate of drug-likeness (QED) is 0.355. The van der Waals surface area contributed by atoms with Gasteiger partial charge in [-0.05, 0) is 31.3 Å². The summed E-state index contributed by atoms with van der Waals surface area (Å²) in [6.45, 7) is 1.41. The molecule has 0 saturated carbocycles. The van der Waals surface area contributed by atoms with E-state index in [1.807, 2.05) is 22.9 Å². The molecule has 2 aliphatic heterocycles.